The van der Waals surface area contributed by atoms with Gasteiger partial charge in [-0.15, -0.1) is 11.6 Å². The number of nitrogens with two attached hydrogens (primary N) is 1. The van der Waals surface area contributed by atoms with Crippen LogP contribution < -0.4 is 5.73 Å². The van der Waals surface area contributed by atoms with Crippen molar-refractivity contribution in [3.05, 3.63) is 29.3 Å². The zero-order chi connectivity index (χ0) is 10.6. The Morgan fingerprint density at radius 2 is 2.07 bits per heavy atom. The van der Waals surface area contributed by atoms with Crippen molar-refractivity contribution in [1.29, 1.82) is 0 Å². The van der Waals surface area contributed by atoms with Gasteiger partial charge in [0.15, 0.2) is 0 Å². The summed E-state index contributed by atoms with van der Waals surface area (Å²) in [5.74, 6) is 0.512. The molecule has 0 aliphatic heterocycles. The topological polar surface area (TPSA) is 26.0 Å². The number of benzene rings is 1. The van der Waals surface area contributed by atoms with Crippen LogP contribution in [-0.4, -0.2) is 5.88 Å². The van der Waals surface area contributed by atoms with Gasteiger partial charge in [0.25, 0.3) is 6.43 Å². The van der Waals surface area contributed by atoms with Crippen LogP contribution in [0.1, 0.15) is 24.0 Å². The third kappa shape index (κ3) is 2.58. The summed E-state index contributed by atoms with van der Waals surface area (Å²) in [6.45, 7) is 0. The molecular formula is C10H12ClF2N. The van der Waals surface area contributed by atoms with Crippen LogP contribution in [0.4, 0.5) is 14.5 Å². The molecule has 1 aromatic rings. The first-order valence-corrected chi connectivity index (χ1v) is 4.91. The van der Waals surface area contributed by atoms with Gasteiger partial charge in [-0.2, -0.15) is 0 Å². The van der Waals surface area contributed by atoms with Crippen molar-refractivity contribution in [3.63, 3.8) is 0 Å². The van der Waals surface area contributed by atoms with Gasteiger partial charge in [-0.25, -0.2) is 8.78 Å². The molecule has 0 unspecified atom stereocenters. The van der Waals surface area contributed by atoms with Crippen LogP contribution in [0, 0.1) is 0 Å². The normalized spacial score (nSPS) is 10.9. The molecule has 1 aromatic carbocycles. The maximum atomic E-state index is 12.4. The average molecular weight is 220 g/mol. The number of aryl methyl sites for hydroxylation is 1. The Balaban J connectivity index is 2.89. The van der Waals surface area contributed by atoms with E-state index in [9.17, 15) is 8.78 Å². The molecule has 1 nitrogen and oxygen atoms in total. The van der Waals surface area contributed by atoms with Gasteiger partial charge >= 0.3 is 0 Å². The molecule has 1 rings (SSSR count). The molecule has 78 valence electrons. The maximum Gasteiger partial charge on any atom is 0.265 e. The van der Waals surface area contributed by atoms with Crippen LogP contribution in [0.15, 0.2) is 18.2 Å². The van der Waals surface area contributed by atoms with Gasteiger partial charge in [0.05, 0.1) is 0 Å². The van der Waals surface area contributed by atoms with E-state index in [0.29, 0.717) is 12.3 Å². The monoisotopic (exact) mass is 219 g/mol. The lowest BCUT2D eigenvalue weighted by molar-refractivity contribution is 0.152. The van der Waals surface area contributed by atoms with E-state index >= 15 is 0 Å². The number of hydrogen-bond acceptors (Lipinski definition) is 1. The molecule has 0 aromatic heterocycles. The Labute approximate surface area is 86.9 Å². The summed E-state index contributed by atoms with van der Waals surface area (Å²) in [5.41, 5.74) is 6.47. The Hall–Kier alpha value is -0.830. The van der Waals surface area contributed by atoms with Crippen molar-refractivity contribution < 1.29 is 8.78 Å². The van der Waals surface area contributed by atoms with Crippen LogP contribution in [-0.2, 0) is 6.42 Å². The molecule has 0 saturated carbocycles. The minimum atomic E-state index is -2.51. The number of para-hydroxylation sites is 1. The van der Waals surface area contributed by atoms with Crippen molar-refractivity contribution >= 4 is 17.3 Å². The predicted octanol–water partition coefficient (Wildman–Crippen LogP) is 3.38. The van der Waals surface area contributed by atoms with E-state index in [1.54, 1.807) is 12.1 Å². The standard InChI is InChI=1S/C10H12ClF2N/c11-6-2-4-7-3-1-5-8(9(7)14)10(12)13/h1,3,5,10H,2,4,6,14H2. The number of alkyl halides is 3. The summed E-state index contributed by atoms with van der Waals surface area (Å²) in [6, 6.07) is 4.71. The minimum absolute atomic E-state index is 0.0860. The largest absolute Gasteiger partial charge is 0.398 e. The zero-order valence-electron chi connectivity index (χ0n) is 7.64. The van der Waals surface area contributed by atoms with Crippen LogP contribution >= 0.6 is 11.6 Å². The van der Waals surface area contributed by atoms with E-state index in [0.717, 1.165) is 12.0 Å². The van der Waals surface area contributed by atoms with Gasteiger partial charge in [0, 0.05) is 17.1 Å². The SMILES string of the molecule is Nc1c(CCCCl)cccc1C(F)F. The molecular weight excluding hydrogens is 208 g/mol. The number of nitrogen functional groups attached to an aromatic ring is 1. The second kappa shape index (κ2) is 5.15. The highest BCUT2D eigenvalue weighted by atomic mass is 35.5. The van der Waals surface area contributed by atoms with Crippen LogP contribution in [0.25, 0.3) is 0 Å². The van der Waals surface area contributed by atoms with Gasteiger partial charge in [-0.3, -0.25) is 0 Å². The van der Waals surface area contributed by atoms with E-state index < -0.39 is 6.43 Å². The first kappa shape index (κ1) is 11.2. The molecule has 0 radical (unpaired) electrons. The minimum Gasteiger partial charge on any atom is -0.398 e. The molecule has 0 saturated heterocycles. The van der Waals surface area contributed by atoms with Crippen LogP contribution in [0.2, 0.25) is 0 Å². The lowest BCUT2D eigenvalue weighted by Crippen LogP contribution is -2.00. The lowest BCUT2D eigenvalue weighted by atomic mass is 10.0. The smallest absolute Gasteiger partial charge is 0.265 e. The Morgan fingerprint density at radius 3 is 2.64 bits per heavy atom. The van der Waals surface area contributed by atoms with Crippen molar-refractivity contribution in [2.45, 2.75) is 19.3 Å². The highest BCUT2D eigenvalue weighted by Crippen LogP contribution is 2.28. The van der Waals surface area contributed by atoms with E-state index in [4.69, 9.17) is 17.3 Å². The van der Waals surface area contributed by atoms with E-state index in [1.807, 2.05) is 0 Å². The molecule has 0 heterocycles. The van der Waals surface area contributed by atoms with Gasteiger partial charge in [0.2, 0.25) is 0 Å². The average Bonchev–Trinajstić information content (AvgIpc) is 2.16. The summed E-state index contributed by atoms with van der Waals surface area (Å²) in [6.07, 6.45) is -1.11. The highest BCUT2D eigenvalue weighted by Gasteiger charge is 2.12. The number of hydrogen-bond donors (Lipinski definition) is 1. The van der Waals surface area contributed by atoms with E-state index in [-0.39, 0.29) is 11.3 Å². The Bertz CT molecular complexity index is 302. The lowest BCUT2D eigenvalue weighted by Gasteiger charge is -2.09. The number of halogens is 3. The summed E-state index contributed by atoms with van der Waals surface area (Å²) in [5, 5.41) is 0. The van der Waals surface area contributed by atoms with Gasteiger partial charge in [-0.05, 0) is 18.4 Å². The molecule has 0 aliphatic carbocycles. The molecule has 0 spiro atoms. The van der Waals surface area contributed by atoms with E-state index in [1.165, 1.54) is 6.07 Å². The van der Waals surface area contributed by atoms with Crippen molar-refractivity contribution in [3.8, 4) is 0 Å². The first-order chi connectivity index (χ1) is 6.66. The van der Waals surface area contributed by atoms with Crippen molar-refractivity contribution in [2.24, 2.45) is 0 Å². The molecule has 0 aliphatic rings. The van der Waals surface area contributed by atoms with Crippen LogP contribution in [0.5, 0.6) is 0 Å². The molecule has 0 amide bonds. The van der Waals surface area contributed by atoms with Gasteiger partial charge < -0.3 is 5.73 Å². The summed E-state index contributed by atoms with van der Waals surface area (Å²) >= 11 is 5.52. The summed E-state index contributed by atoms with van der Waals surface area (Å²) < 4.78 is 24.8. The molecule has 0 atom stereocenters. The van der Waals surface area contributed by atoms with Crippen LogP contribution in [0.3, 0.4) is 0 Å². The van der Waals surface area contributed by atoms with Crippen molar-refractivity contribution in [1.82, 2.24) is 0 Å². The fourth-order valence-electron chi connectivity index (χ4n) is 1.30. The molecule has 14 heavy (non-hydrogen) atoms. The molecule has 2 N–H and O–H groups in total. The van der Waals surface area contributed by atoms with Crippen molar-refractivity contribution in [2.75, 3.05) is 11.6 Å². The maximum absolute atomic E-state index is 12.4. The molecule has 0 fully saturated rings. The second-order valence-electron chi connectivity index (χ2n) is 3.01. The third-order valence-corrected chi connectivity index (χ3v) is 2.31. The van der Waals surface area contributed by atoms with Gasteiger partial charge in [-0.1, -0.05) is 18.2 Å². The predicted molar refractivity (Wildman–Crippen MR) is 54.9 cm³/mol. The van der Waals surface area contributed by atoms with E-state index in [2.05, 4.69) is 0 Å². The Morgan fingerprint density at radius 1 is 1.36 bits per heavy atom. The quantitative estimate of drug-likeness (QED) is 0.610. The Kier molecular flexibility index (Phi) is 4.14. The second-order valence-corrected chi connectivity index (χ2v) is 3.39. The summed E-state index contributed by atoms with van der Waals surface area (Å²) in [4.78, 5) is 0. The molecule has 0 bridgehead atoms. The van der Waals surface area contributed by atoms with Gasteiger partial charge in [0.1, 0.15) is 0 Å². The fraction of sp³-hybridized carbons (Fsp3) is 0.400. The fourth-order valence-corrected chi connectivity index (χ4v) is 1.43. The first-order valence-electron chi connectivity index (χ1n) is 4.38. The summed E-state index contributed by atoms with van der Waals surface area (Å²) in [7, 11) is 0. The number of rotatable bonds is 4. The zero-order valence-corrected chi connectivity index (χ0v) is 8.40. The highest BCUT2D eigenvalue weighted by molar-refractivity contribution is 6.17. The number of anilines is 1. The third-order valence-electron chi connectivity index (χ3n) is 2.04. The molecule has 4 heteroatoms.